The molecule has 3 aromatic heterocycles. The number of ether oxygens (including phenoxy) is 1. The Bertz CT molecular complexity index is 1280. The summed E-state index contributed by atoms with van der Waals surface area (Å²) in [4.78, 5) is 25.4. The first kappa shape index (κ1) is 19.4. The number of hydrogen-bond acceptors (Lipinski definition) is 5. The van der Waals surface area contributed by atoms with Gasteiger partial charge < -0.3 is 20.4 Å². The average molecular weight is 434 g/mol. The van der Waals surface area contributed by atoms with Crippen molar-refractivity contribution in [2.75, 3.05) is 25.1 Å². The highest BCUT2D eigenvalue weighted by Gasteiger charge is 2.31. The molecule has 7 nitrogen and oxygen atoms in total. The maximum Gasteiger partial charge on any atom is 0.224 e. The van der Waals surface area contributed by atoms with Gasteiger partial charge in [-0.05, 0) is 36.4 Å². The second-order valence-electron chi connectivity index (χ2n) is 7.63. The smallest absolute Gasteiger partial charge is 0.224 e. The number of pyridine rings is 2. The van der Waals surface area contributed by atoms with Crippen LogP contribution in [0.1, 0.15) is 0 Å². The quantitative estimate of drug-likeness (QED) is 0.498. The highest BCUT2D eigenvalue weighted by molar-refractivity contribution is 6.34. The largest absolute Gasteiger partial charge is 0.495 e. The maximum atomic E-state index is 11.2. The fourth-order valence-electron chi connectivity index (χ4n) is 3.79. The predicted molar refractivity (Wildman–Crippen MR) is 121 cm³/mol. The molecule has 0 atom stereocenters. The number of H-pyrrole nitrogens is 1. The number of methoxy groups -OCH3 is 1. The van der Waals surface area contributed by atoms with Crippen molar-refractivity contribution in [3.63, 3.8) is 0 Å². The lowest BCUT2D eigenvalue weighted by molar-refractivity contribution is -0.122. The molecular weight excluding hydrogens is 414 g/mol. The van der Waals surface area contributed by atoms with E-state index in [1.165, 1.54) is 0 Å². The number of primary amides is 1. The Hall–Kier alpha value is -3.58. The number of carbonyl (C=O) groups excluding carboxylic acids is 1. The number of benzene rings is 1. The summed E-state index contributed by atoms with van der Waals surface area (Å²) in [5, 5.41) is 1.67. The van der Waals surface area contributed by atoms with Gasteiger partial charge in [0.05, 0.1) is 24.2 Å². The Morgan fingerprint density at radius 2 is 2.00 bits per heavy atom. The highest BCUT2D eigenvalue weighted by atomic mass is 35.5. The van der Waals surface area contributed by atoms with Gasteiger partial charge >= 0.3 is 0 Å². The highest BCUT2D eigenvalue weighted by Crippen LogP contribution is 2.35. The van der Waals surface area contributed by atoms with Gasteiger partial charge in [-0.2, -0.15) is 0 Å². The molecule has 1 fully saturated rings. The summed E-state index contributed by atoms with van der Waals surface area (Å²) in [6.07, 6.45) is 5.26. The molecule has 0 aliphatic carbocycles. The minimum atomic E-state index is -0.256. The molecule has 0 spiro atoms. The second kappa shape index (κ2) is 7.59. The Labute approximate surface area is 183 Å². The monoisotopic (exact) mass is 433 g/mol. The van der Waals surface area contributed by atoms with E-state index in [4.69, 9.17) is 22.1 Å². The van der Waals surface area contributed by atoms with Crippen molar-refractivity contribution in [2.45, 2.75) is 0 Å². The molecule has 1 amide bonds. The molecule has 0 saturated carbocycles. The third-order valence-electron chi connectivity index (χ3n) is 5.64. The molecule has 8 heteroatoms. The third-order valence-corrected chi connectivity index (χ3v) is 5.95. The van der Waals surface area contributed by atoms with Crippen LogP contribution in [-0.4, -0.2) is 41.1 Å². The first-order valence-electron chi connectivity index (χ1n) is 9.84. The molecule has 1 aromatic carbocycles. The molecule has 0 radical (unpaired) electrons. The molecule has 1 aliphatic rings. The van der Waals surface area contributed by atoms with Crippen LogP contribution in [0.5, 0.6) is 5.75 Å². The van der Waals surface area contributed by atoms with E-state index >= 15 is 0 Å². The number of aromatic nitrogens is 3. The molecule has 4 heterocycles. The van der Waals surface area contributed by atoms with E-state index in [0.717, 1.165) is 39.1 Å². The summed E-state index contributed by atoms with van der Waals surface area (Å²) < 4.78 is 5.28. The summed E-state index contributed by atoms with van der Waals surface area (Å²) >= 11 is 6.56. The Kier molecular flexibility index (Phi) is 4.75. The number of halogens is 1. The van der Waals surface area contributed by atoms with Crippen molar-refractivity contribution >= 4 is 34.2 Å². The van der Waals surface area contributed by atoms with Crippen molar-refractivity contribution in [3.8, 4) is 28.1 Å². The van der Waals surface area contributed by atoms with Crippen LogP contribution in [0.25, 0.3) is 33.3 Å². The summed E-state index contributed by atoms with van der Waals surface area (Å²) in [6.45, 7) is 1.24. The van der Waals surface area contributed by atoms with Crippen LogP contribution < -0.4 is 15.4 Å². The van der Waals surface area contributed by atoms with Crippen LogP contribution in [0.2, 0.25) is 5.02 Å². The molecular formula is C23H20ClN5O2. The number of carbonyl (C=O) groups is 1. The van der Waals surface area contributed by atoms with E-state index in [2.05, 4.69) is 21.0 Å². The minimum Gasteiger partial charge on any atom is -0.495 e. The van der Waals surface area contributed by atoms with Crippen LogP contribution in [0.15, 0.2) is 55.0 Å². The van der Waals surface area contributed by atoms with Crippen molar-refractivity contribution < 1.29 is 9.53 Å². The lowest BCUT2D eigenvalue weighted by atomic mass is 10.00. The number of fused-ring (bicyclic) bond motifs is 1. The summed E-state index contributed by atoms with van der Waals surface area (Å²) in [7, 11) is 1.61. The van der Waals surface area contributed by atoms with Gasteiger partial charge in [-0.15, -0.1) is 0 Å². The number of amides is 1. The standard InChI is InChI=1S/C23H20ClN5O2/c1-31-17-4-15(8-26-10-17)18-5-14-6-20(28-21(14)7-19(18)24)13-2-3-22(27-9-13)29-11-16(12-29)23(25)30/h2-10,16,28H,11-12H2,1H3,(H2,25,30). The molecule has 5 rings (SSSR count). The molecule has 3 N–H and O–H groups in total. The second-order valence-corrected chi connectivity index (χ2v) is 8.03. The topological polar surface area (TPSA) is 97.1 Å². The first-order chi connectivity index (χ1) is 15.0. The summed E-state index contributed by atoms with van der Waals surface area (Å²) in [5.74, 6) is 1.18. The zero-order valence-electron chi connectivity index (χ0n) is 16.8. The minimum absolute atomic E-state index is 0.0890. The fourth-order valence-corrected chi connectivity index (χ4v) is 4.06. The zero-order valence-corrected chi connectivity index (χ0v) is 17.6. The average Bonchev–Trinajstić information content (AvgIpc) is 3.15. The lowest BCUT2D eigenvalue weighted by Gasteiger charge is -2.38. The van der Waals surface area contributed by atoms with Gasteiger partial charge in [0.1, 0.15) is 11.6 Å². The lowest BCUT2D eigenvalue weighted by Crippen LogP contribution is -2.52. The molecule has 31 heavy (non-hydrogen) atoms. The molecule has 156 valence electrons. The van der Waals surface area contributed by atoms with Crippen LogP contribution in [0, 0.1) is 5.92 Å². The van der Waals surface area contributed by atoms with Gasteiger partial charge in [0.2, 0.25) is 5.91 Å². The van der Waals surface area contributed by atoms with Crippen LogP contribution in [-0.2, 0) is 4.79 Å². The molecule has 0 bridgehead atoms. The molecule has 4 aromatic rings. The Morgan fingerprint density at radius 3 is 2.71 bits per heavy atom. The van der Waals surface area contributed by atoms with Gasteiger partial charge in [0, 0.05) is 58.8 Å². The molecule has 1 saturated heterocycles. The summed E-state index contributed by atoms with van der Waals surface area (Å²) in [5.41, 5.74) is 9.98. The number of nitrogens with zero attached hydrogens (tertiary/aromatic N) is 3. The van der Waals surface area contributed by atoms with Crippen molar-refractivity contribution in [2.24, 2.45) is 11.7 Å². The third kappa shape index (κ3) is 3.57. The number of rotatable bonds is 5. The van der Waals surface area contributed by atoms with Crippen molar-refractivity contribution in [1.29, 1.82) is 0 Å². The van der Waals surface area contributed by atoms with Gasteiger partial charge in [0.25, 0.3) is 0 Å². The van der Waals surface area contributed by atoms with Crippen LogP contribution in [0.4, 0.5) is 5.82 Å². The maximum absolute atomic E-state index is 11.2. The Balaban J connectivity index is 1.43. The van der Waals surface area contributed by atoms with Gasteiger partial charge in [-0.25, -0.2) is 4.98 Å². The van der Waals surface area contributed by atoms with Crippen molar-refractivity contribution in [3.05, 3.63) is 60.0 Å². The normalized spacial score (nSPS) is 13.9. The van der Waals surface area contributed by atoms with Crippen LogP contribution in [0.3, 0.4) is 0 Å². The Morgan fingerprint density at radius 1 is 1.16 bits per heavy atom. The number of hydrogen-bond donors (Lipinski definition) is 2. The number of nitrogens with two attached hydrogens (primary N) is 1. The SMILES string of the molecule is COc1cncc(-c2cc3cc(-c4ccc(N5CC(C(N)=O)C5)nc4)[nH]c3cc2Cl)c1. The van der Waals surface area contributed by atoms with E-state index in [9.17, 15) is 4.79 Å². The fraction of sp³-hybridized carbons (Fsp3) is 0.174. The predicted octanol–water partition coefficient (Wildman–Crippen LogP) is 3.88. The van der Waals surface area contributed by atoms with E-state index in [-0.39, 0.29) is 11.8 Å². The summed E-state index contributed by atoms with van der Waals surface area (Å²) in [6, 6.07) is 11.9. The van der Waals surface area contributed by atoms with Gasteiger partial charge in [0.15, 0.2) is 0 Å². The van der Waals surface area contributed by atoms with E-state index in [1.54, 1.807) is 19.5 Å². The number of nitrogens with one attached hydrogen (secondary N) is 1. The van der Waals surface area contributed by atoms with Crippen molar-refractivity contribution in [1.82, 2.24) is 15.0 Å². The van der Waals surface area contributed by atoms with Crippen LogP contribution >= 0.6 is 11.6 Å². The van der Waals surface area contributed by atoms with E-state index < -0.39 is 0 Å². The van der Waals surface area contributed by atoms with E-state index in [0.29, 0.717) is 23.9 Å². The van der Waals surface area contributed by atoms with Gasteiger partial charge in [-0.3, -0.25) is 9.78 Å². The number of aromatic amines is 1. The van der Waals surface area contributed by atoms with E-state index in [1.807, 2.05) is 41.4 Å². The molecule has 1 aliphatic heterocycles. The molecule has 0 unspecified atom stereocenters. The first-order valence-corrected chi connectivity index (χ1v) is 10.2. The zero-order chi connectivity index (χ0) is 21.5. The number of anilines is 1. The van der Waals surface area contributed by atoms with Gasteiger partial charge in [-0.1, -0.05) is 11.6 Å².